The Hall–Kier alpha value is -3.06. The van der Waals surface area contributed by atoms with Gasteiger partial charge in [0.25, 0.3) is 0 Å². The minimum absolute atomic E-state index is 0.0357. The molecule has 166 valence electrons. The van der Waals surface area contributed by atoms with Crippen LogP contribution in [0.2, 0.25) is 0 Å². The number of anilines is 2. The number of para-hydroxylation sites is 1. The molecule has 1 fully saturated rings. The van der Waals surface area contributed by atoms with Gasteiger partial charge in [-0.3, -0.25) is 4.79 Å². The van der Waals surface area contributed by atoms with E-state index in [9.17, 15) is 4.79 Å². The van der Waals surface area contributed by atoms with Gasteiger partial charge in [0.15, 0.2) is 5.82 Å². The van der Waals surface area contributed by atoms with Crippen LogP contribution in [0.4, 0.5) is 11.5 Å². The van der Waals surface area contributed by atoms with Crippen LogP contribution in [0.25, 0.3) is 0 Å². The SMILES string of the molecule is O=C(CSc1nccnc1N1CCN(c2ccccc2)CC1)NCCCc1ccccc1. The van der Waals surface area contributed by atoms with Crippen LogP contribution < -0.4 is 15.1 Å². The molecule has 1 amide bonds. The number of carbonyl (C=O) groups is 1. The van der Waals surface area contributed by atoms with E-state index in [1.54, 1.807) is 12.4 Å². The molecular weight excluding hydrogens is 418 g/mol. The summed E-state index contributed by atoms with van der Waals surface area (Å²) >= 11 is 1.46. The lowest BCUT2D eigenvalue weighted by Crippen LogP contribution is -2.47. The molecule has 2 heterocycles. The van der Waals surface area contributed by atoms with Crippen molar-refractivity contribution in [3.63, 3.8) is 0 Å². The van der Waals surface area contributed by atoms with Gasteiger partial charge in [0.2, 0.25) is 5.91 Å². The Morgan fingerprint density at radius 2 is 1.53 bits per heavy atom. The van der Waals surface area contributed by atoms with E-state index in [0.29, 0.717) is 12.3 Å². The topological polar surface area (TPSA) is 61.4 Å². The van der Waals surface area contributed by atoms with E-state index in [4.69, 9.17) is 0 Å². The Bertz CT molecular complexity index is 978. The molecule has 0 bridgehead atoms. The van der Waals surface area contributed by atoms with Gasteiger partial charge in [0.05, 0.1) is 5.75 Å². The summed E-state index contributed by atoms with van der Waals surface area (Å²) in [6, 6.07) is 20.8. The zero-order chi connectivity index (χ0) is 22.0. The second-order valence-electron chi connectivity index (χ2n) is 7.72. The zero-order valence-electron chi connectivity index (χ0n) is 18.2. The van der Waals surface area contributed by atoms with Crippen LogP contribution in [0.3, 0.4) is 0 Å². The van der Waals surface area contributed by atoms with Gasteiger partial charge in [0, 0.05) is 50.8 Å². The third kappa shape index (κ3) is 6.23. The molecule has 0 spiro atoms. The van der Waals surface area contributed by atoms with E-state index in [1.807, 2.05) is 24.3 Å². The number of thioether (sulfide) groups is 1. The highest BCUT2D eigenvalue weighted by Crippen LogP contribution is 2.27. The molecule has 1 aliphatic rings. The Kier molecular flexibility index (Phi) is 7.98. The Labute approximate surface area is 194 Å². The van der Waals surface area contributed by atoms with Crippen molar-refractivity contribution in [2.75, 3.05) is 48.3 Å². The van der Waals surface area contributed by atoms with Gasteiger partial charge in [0.1, 0.15) is 5.03 Å². The average molecular weight is 448 g/mol. The maximum Gasteiger partial charge on any atom is 0.230 e. The molecule has 7 heteroatoms. The molecule has 1 aromatic heterocycles. The summed E-state index contributed by atoms with van der Waals surface area (Å²) < 4.78 is 0. The van der Waals surface area contributed by atoms with Gasteiger partial charge in [-0.15, -0.1) is 0 Å². The standard InChI is InChI=1S/C25H29N5OS/c31-23(26-13-7-10-21-8-3-1-4-9-21)20-32-25-24(27-14-15-28-25)30-18-16-29(17-19-30)22-11-5-2-6-12-22/h1-6,8-9,11-12,14-15H,7,10,13,16-20H2,(H,26,31). The number of nitrogens with one attached hydrogen (secondary N) is 1. The summed E-state index contributed by atoms with van der Waals surface area (Å²) in [7, 11) is 0. The normalized spacial score (nSPS) is 13.8. The van der Waals surface area contributed by atoms with Crippen molar-refractivity contribution in [1.82, 2.24) is 15.3 Å². The molecule has 0 radical (unpaired) electrons. The maximum absolute atomic E-state index is 12.3. The largest absolute Gasteiger partial charge is 0.368 e. The van der Waals surface area contributed by atoms with E-state index in [0.717, 1.165) is 49.9 Å². The van der Waals surface area contributed by atoms with Crippen molar-refractivity contribution in [3.05, 3.63) is 78.6 Å². The lowest BCUT2D eigenvalue weighted by molar-refractivity contribution is -0.118. The predicted octanol–water partition coefficient (Wildman–Crippen LogP) is 3.64. The van der Waals surface area contributed by atoms with Crippen molar-refractivity contribution in [2.24, 2.45) is 0 Å². The molecule has 32 heavy (non-hydrogen) atoms. The lowest BCUT2D eigenvalue weighted by atomic mass is 10.1. The number of benzene rings is 2. The summed E-state index contributed by atoms with van der Waals surface area (Å²) in [5.74, 6) is 1.26. The summed E-state index contributed by atoms with van der Waals surface area (Å²) in [4.78, 5) is 26.1. The minimum atomic E-state index is 0.0357. The van der Waals surface area contributed by atoms with Crippen molar-refractivity contribution < 1.29 is 4.79 Å². The quantitative estimate of drug-likeness (QED) is 0.399. The highest BCUT2D eigenvalue weighted by atomic mass is 32.2. The molecule has 1 saturated heterocycles. The number of carbonyl (C=O) groups excluding carboxylic acids is 1. The summed E-state index contributed by atoms with van der Waals surface area (Å²) in [6.45, 7) is 4.32. The Morgan fingerprint density at radius 1 is 0.875 bits per heavy atom. The first-order valence-corrected chi connectivity index (χ1v) is 12.1. The van der Waals surface area contributed by atoms with Gasteiger partial charge in [-0.05, 0) is 30.5 Å². The fourth-order valence-corrected chi connectivity index (χ4v) is 4.62. The molecular formula is C25H29N5OS. The molecule has 1 N–H and O–H groups in total. The molecule has 6 nitrogen and oxygen atoms in total. The van der Waals surface area contributed by atoms with Gasteiger partial charge < -0.3 is 15.1 Å². The van der Waals surface area contributed by atoms with Gasteiger partial charge in [-0.25, -0.2) is 9.97 Å². The second-order valence-corrected chi connectivity index (χ2v) is 8.69. The number of aryl methyl sites for hydroxylation is 1. The molecule has 0 saturated carbocycles. The van der Waals surface area contributed by atoms with Crippen LogP contribution >= 0.6 is 11.8 Å². The highest BCUT2D eigenvalue weighted by molar-refractivity contribution is 8.00. The monoisotopic (exact) mass is 447 g/mol. The molecule has 1 aliphatic heterocycles. The van der Waals surface area contributed by atoms with Crippen LogP contribution in [0.1, 0.15) is 12.0 Å². The van der Waals surface area contributed by atoms with Crippen LogP contribution in [-0.4, -0.2) is 54.4 Å². The highest BCUT2D eigenvalue weighted by Gasteiger charge is 2.21. The number of piperazine rings is 1. The molecule has 2 aromatic carbocycles. The Morgan fingerprint density at radius 3 is 2.28 bits per heavy atom. The smallest absolute Gasteiger partial charge is 0.230 e. The van der Waals surface area contributed by atoms with E-state index in [2.05, 4.69) is 61.5 Å². The Balaban J connectivity index is 1.23. The fraction of sp³-hybridized carbons (Fsp3) is 0.320. The van der Waals surface area contributed by atoms with E-state index >= 15 is 0 Å². The second kappa shape index (κ2) is 11.5. The first kappa shape index (κ1) is 22.1. The van der Waals surface area contributed by atoms with Gasteiger partial charge in [-0.1, -0.05) is 60.3 Å². The number of amides is 1. The molecule has 0 aliphatic carbocycles. The molecule has 3 aromatic rings. The van der Waals surface area contributed by atoms with E-state index in [1.165, 1.54) is 23.0 Å². The van der Waals surface area contributed by atoms with Crippen LogP contribution in [0.5, 0.6) is 0 Å². The van der Waals surface area contributed by atoms with E-state index < -0.39 is 0 Å². The number of hydrogen-bond donors (Lipinski definition) is 1. The lowest BCUT2D eigenvalue weighted by Gasteiger charge is -2.37. The van der Waals surface area contributed by atoms with E-state index in [-0.39, 0.29) is 5.91 Å². The molecule has 4 rings (SSSR count). The maximum atomic E-state index is 12.3. The summed E-state index contributed by atoms with van der Waals surface area (Å²) in [5.41, 5.74) is 2.55. The minimum Gasteiger partial charge on any atom is -0.368 e. The fourth-order valence-electron chi connectivity index (χ4n) is 3.80. The third-order valence-electron chi connectivity index (χ3n) is 5.49. The average Bonchev–Trinajstić information content (AvgIpc) is 2.87. The van der Waals surface area contributed by atoms with Crippen LogP contribution in [-0.2, 0) is 11.2 Å². The van der Waals surface area contributed by atoms with Gasteiger partial charge in [-0.2, -0.15) is 0 Å². The number of rotatable bonds is 9. The zero-order valence-corrected chi connectivity index (χ0v) is 19.0. The molecule has 0 atom stereocenters. The summed E-state index contributed by atoms with van der Waals surface area (Å²) in [6.07, 6.45) is 5.33. The van der Waals surface area contributed by atoms with Crippen molar-refractivity contribution >= 4 is 29.2 Å². The predicted molar refractivity (Wildman–Crippen MR) is 131 cm³/mol. The number of hydrogen-bond acceptors (Lipinski definition) is 6. The molecule has 0 unspecified atom stereocenters. The van der Waals surface area contributed by atoms with Crippen LogP contribution in [0.15, 0.2) is 78.1 Å². The number of aromatic nitrogens is 2. The van der Waals surface area contributed by atoms with Crippen molar-refractivity contribution in [2.45, 2.75) is 17.9 Å². The van der Waals surface area contributed by atoms with Crippen LogP contribution in [0, 0.1) is 0 Å². The van der Waals surface area contributed by atoms with Crippen molar-refractivity contribution in [3.8, 4) is 0 Å². The first-order chi connectivity index (χ1) is 15.8. The first-order valence-electron chi connectivity index (χ1n) is 11.1. The summed E-state index contributed by atoms with van der Waals surface area (Å²) in [5, 5.41) is 3.84. The number of nitrogens with zero attached hydrogens (tertiary/aromatic N) is 4. The van der Waals surface area contributed by atoms with Gasteiger partial charge >= 0.3 is 0 Å². The van der Waals surface area contributed by atoms with Crippen molar-refractivity contribution in [1.29, 1.82) is 0 Å². The third-order valence-corrected chi connectivity index (χ3v) is 6.46.